The summed E-state index contributed by atoms with van der Waals surface area (Å²) in [5, 5.41) is 3.35. The van der Waals surface area contributed by atoms with E-state index < -0.39 is 0 Å². The Morgan fingerprint density at radius 2 is 0.917 bits per heavy atom. The lowest BCUT2D eigenvalue weighted by atomic mass is 10.6. The van der Waals surface area contributed by atoms with E-state index in [1.165, 1.54) is 0 Å². The summed E-state index contributed by atoms with van der Waals surface area (Å²) in [5.41, 5.74) is 8.06. The maximum atomic E-state index is 8.06. The van der Waals surface area contributed by atoms with Gasteiger partial charge in [0, 0.05) is 17.2 Å². The van der Waals surface area contributed by atoms with Crippen LogP contribution in [0.15, 0.2) is 5.11 Å². The van der Waals surface area contributed by atoms with Crippen LogP contribution in [0.4, 0.5) is 0 Å². The summed E-state index contributed by atoms with van der Waals surface area (Å²) in [6.07, 6.45) is 0. The van der Waals surface area contributed by atoms with E-state index in [1.807, 2.05) is 0 Å². The molecule has 0 aromatic rings. The number of rotatable bonds is 20. The van der Waals surface area contributed by atoms with Crippen LogP contribution in [0.1, 0.15) is 0 Å². The first kappa shape index (κ1) is 23.4. The van der Waals surface area contributed by atoms with Crippen LogP contribution in [0.25, 0.3) is 10.4 Å². The SMILES string of the molecule is [N-]=[N+]=NCCOCCOCCOCCOCCOCCOCCS. The topological polar surface area (TPSA) is 104 Å². The summed E-state index contributed by atoms with van der Waals surface area (Å²) in [6, 6.07) is 0. The van der Waals surface area contributed by atoms with E-state index in [4.69, 9.17) is 34.0 Å². The van der Waals surface area contributed by atoms with Gasteiger partial charge in [-0.05, 0) is 5.53 Å². The standard InChI is InChI=1S/C14H29N3O6S/c15-17-16-1-2-18-3-4-19-5-6-20-7-8-21-9-10-22-11-12-23-13-14-24/h24H,1-14H2. The van der Waals surface area contributed by atoms with E-state index >= 15 is 0 Å². The molecule has 0 amide bonds. The normalized spacial score (nSPS) is 10.7. The summed E-state index contributed by atoms with van der Waals surface area (Å²) in [7, 11) is 0. The summed E-state index contributed by atoms with van der Waals surface area (Å²) in [5.74, 6) is 0.723. The van der Waals surface area contributed by atoms with Crippen LogP contribution < -0.4 is 0 Å². The van der Waals surface area contributed by atoms with E-state index in [0.29, 0.717) is 85.8 Å². The minimum Gasteiger partial charge on any atom is -0.379 e. The molecule has 0 N–H and O–H groups in total. The summed E-state index contributed by atoms with van der Waals surface area (Å²) >= 11 is 4.04. The number of hydrogen-bond acceptors (Lipinski definition) is 8. The molecule has 142 valence electrons. The van der Waals surface area contributed by atoms with Gasteiger partial charge in [-0.2, -0.15) is 12.6 Å². The quantitative estimate of drug-likeness (QED) is 0.114. The minimum absolute atomic E-state index is 0.342. The average Bonchev–Trinajstić information content (AvgIpc) is 2.60. The van der Waals surface area contributed by atoms with Gasteiger partial charge >= 0.3 is 0 Å². The number of azide groups is 1. The molecule has 0 saturated carbocycles. The van der Waals surface area contributed by atoms with Crippen LogP contribution in [-0.2, 0) is 28.4 Å². The zero-order valence-corrected chi connectivity index (χ0v) is 15.0. The molecule has 0 bridgehead atoms. The Morgan fingerprint density at radius 1 is 0.583 bits per heavy atom. The van der Waals surface area contributed by atoms with Crippen molar-refractivity contribution < 1.29 is 28.4 Å². The molecule has 0 rings (SSSR count). The van der Waals surface area contributed by atoms with Crippen molar-refractivity contribution in [1.82, 2.24) is 0 Å². The molecular weight excluding hydrogens is 338 g/mol. The van der Waals surface area contributed by atoms with Crippen molar-refractivity contribution in [2.75, 3.05) is 91.6 Å². The second kappa shape index (κ2) is 22.4. The summed E-state index contributed by atoms with van der Waals surface area (Å²) in [6.45, 7) is 6.69. The van der Waals surface area contributed by atoms with Crippen molar-refractivity contribution in [3.05, 3.63) is 10.4 Å². The summed E-state index contributed by atoms with van der Waals surface area (Å²) < 4.78 is 31.7. The zero-order valence-electron chi connectivity index (χ0n) is 14.1. The van der Waals surface area contributed by atoms with Crippen molar-refractivity contribution in [1.29, 1.82) is 0 Å². The van der Waals surface area contributed by atoms with Crippen LogP contribution in [0, 0.1) is 0 Å². The molecule has 0 aliphatic rings. The van der Waals surface area contributed by atoms with E-state index in [1.54, 1.807) is 0 Å². The Morgan fingerprint density at radius 3 is 1.25 bits per heavy atom. The second-order valence-electron chi connectivity index (χ2n) is 4.35. The molecular formula is C14H29N3O6S. The molecule has 0 aliphatic carbocycles. The molecule has 0 unspecified atom stereocenters. The fourth-order valence-electron chi connectivity index (χ4n) is 1.42. The first-order chi connectivity index (χ1) is 11.9. The van der Waals surface area contributed by atoms with Gasteiger partial charge in [-0.1, -0.05) is 5.11 Å². The Kier molecular flexibility index (Phi) is 21.9. The molecule has 0 aromatic heterocycles. The highest BCUT2D eigenvalue weighted by molar-refractivity contribution is 7.80. The minimum atomic E-state index is 0.342. The lowest BCUT2D eigenvalue weighted by molar-refractivity contribution is -0.0157. The third-order valence-corrected chi connectivity index (χ3v) is 2.68. The van der Waals surface area contributed by atoms with Crippen LogP contribution in [-0.4, -0.2) is 91.6 Å². The maximum absolute atomic E-state index is 8.06. The molecule has 0 fully saturated rings. The van der Waals surface area contributed by atoms with Gasteiger partial charge in [-0.3, -0.25) is 0 Å². The first-order valence-electron chi connectivity index (χ1n) is 8.00. The highest BCUT2D eigenvalue weighted by atomic mass is 32.1. The number of hydrogen-bond donors (Lipinski definition) is 1. The Hall–Kier alpha value is -0.580. The van der Waals surface area contributed by atoms with Crippen molar-refractivity contribution in [3.8, 4) is 0 Å². The monoisotopic (exact) mass is 367 g/mol. The van der Waals surface area contributed by atoms with Crippen LogP contribution in [0.5, 0.6) is 0 Å². The molecule has 0 radical (unpaired) electrons. The lowest BCUT2D eigenvalue weighted by Crippen LogP contribution is -2.14. The first-order valence-corrected chi connectivity index (χ1v) is 8.63. The molecule has 0 aromatic carbocycles. The highest BCUT2D eigenvalue weighted by Crippen LogP contribution is 1.85. The van der Waals surface area contributed by atoms with E-state index in [2.05, 4.69) is 22.7 Å². The third-order valence-electron chi connectivity index (χ3n) is 2.49. The molecule has 0 aliphatic heterocycles. The molecule has 24 heavy (non-hydrogen) atoms. The average molecular weight is 367 g/mol. The van der Waals surface area contributed by atoms with Crippen LogP contribution in [0.3, 0.4) is 0 Å². The maximum Gasteiger partial charge on any atom is 0.0701 e. The predicted octanol–water partition coefficient (Wildman–Crippen LogP) is 1.33. The van der Waals surface area contributed by atoms with Crippen molar-refractivity contribution in [3.63, 3.8) is 0 Å². The van der Waals surface area contributed by atoms with Gasteiger partial charge in [0.2, 0.25) is 0 Å². The molecule has 0 heterocycles. The Bertz CT molecular complexity index is 296. The van der Waals surface area contributed by atoms with Gasteiger partial charge < -0.3 is 28.4 Å². The van der Waals surface area contributed by atoms with Crippen LogP contribution in [0.2, 0.25) is 0 Å². The number of ether oxygens (including phenoxy) is 6. The van der Waals surface area contributed by atoms with Gasteiger partial charge in [-0.15, -0.1) is 0 Å². The van der Waals surface area contributed by atoms with Crippen LogP contribution >= 0.6 is 12.6 Å². The third kappa shape index (κ3) is 21.4. The van der Waals surface area contributed by atoms with Crippen molar-refractivity contribution >= 4 is 12.6 Å². The van der Waals surface area contributed by atoms with E-state index in [9.17, 15) is 0 Å². The molecule has 10 heteroatoms. The second-order valence-corrected chi connectivity index (χ2v) is 4.80. The predicted molar refractivity (Wildman–Crippen MR) is 92.8 cm³/mol. The van der Waals surface area contributed by atoms with Gasteiger partial charge in [0.15, 0.2) is 0 Å². The van der Waals surface area contributed by atoms with E-state index in [0.717, 1.165) is 5.75 Å². The fraction of sp³-hybridized carbons (Fsp3) is 1.00. The number of thiol groups is 1. The number of nitrogens with zero attached hydrogens (tertiary/aromatic N) is 3. The van der Waals surface area contributed by atoms with Gasteiger partial charge in [0.05, 0.1) is 79.3 Å². The van der Waals surface area contributed by atoms with Gasteiger partial charge in [0.25, 0.3) is 0 Å². The highest BCUT2D eigenvalue weighted by Gasteiger charge is 1.93. The molecule has 0 atom stereocenters. The molecule has 0 spiro atoms. The van der Waals surface area contributed by atoms with E-state index in [-0.39, 0.29) is 0 Å². The zero-order chi connectivity index (χ0) is 17.6. The van der Waals surface area contributed by atoms with Crippen molar-refractivity contribution in [2.45, 2.75) is 0 Å². The molecule has 0 saturated heterocycles. The largest absolute Gasteiger partial charge is 0.379 e. The smallest absolute Gasteiger partial charge is 0.0701 e. The lowest BCUT2D eigenvalue weighted by Gasteiger charge is -2.08. The van der Waals surface area contributed by atoms with Crippen molar-refractivity contribution in [2.24, 2.45) is 5.11 Å². The Labute approximate surface area is 148 Å². The Balaban J connectivity index is 2.96. The molecule has 9 nitrogen and oxygen atoms in total. The summed E-state index contributed by atoms with van der Waals surface area (Å²) in [4.78, 5) is 2.63. The van der Waals surface area contributed by atoms with Gasteiger partial charge in [0.1, 0.15) is 0 Å². The fourth-order valence-corrected chi connectivity index (χ4v) is 1.55. The van der Waals surface area contributed by atoms with Gasteiger partial charge in [-0.25, -0.2) is 0 Å².